The first-order valence-electron chi connectivity index (χ1n) is 7.20. The molecule has 2 aliphatic carbocycles. The molecule has 0 aromatic carbocycles. The molecule has 3 nitrogen and oxygen atoms in total. The smallest absolute Gasteiger partial charge is 0.0614 e. The van der Waals surface area contributed by atoms with Gasteiger partial charge in [0.2, 0.25) is 0 Å². The topological polar surface area (TPSA) is 35.5 Å². The van der Waals surface area contributed by atoms with Gasteiger partial charge in [-0.15, -0.1) is 0 Å². The van der Waals surface area contributed by atoms with Crippen molar-refractivity contribution in [2.45, 2.75) is 76.0 Å². The standard InChI is InChI=1S/C14H28N2O/c1-4-11(2)16(3)13-7-8-14(9-13,10-17)15-12-5-6-12/h11-13,15,17H,4-10H2,1-3H3. The van der Waals surface area contributed by atoms with Crippen LogP contribution in [0.1, 0.15) is 52.4 Å². The highest BCUT2D eigenvalue weighted by Crippen LogP contribution is 2.36. The molecule has 0 saturated heterocycles. The third-order valence-electron chi connectivity index (χ3n) is 4.83. The van der Waals surface area contributed by atoms with Crippen molar-refractivity contribution < 1.29 is 5.11 Å². The molecular weight excluding hydrogens is 212 g/mol. The van der Waals surface area contributed by atoms with E-state index in [0.717, 1.165) is 12.8 Å². The van der Waals surface area contributed by atoms with Gasteiger partial charge in [0.05, 0.1) is 6.61 Å². The maximum Gasteiger partial charge on any atom is 0.0614 e. The SMILES string of the molecule is CCC(C)N(C)C1CCC(CO)(NC2CC2)C1. The summed E-state index contributed by atoms with van der Waals surface area (Å²) < 4.78 is 0. The fourth-order valence-electron chi connectivity index (χ4n) is 3.07. The van der Waals surface area contributed by atoms with Crippen LogP contribution in [0.2, 0.25) is 0 Å². The molecule has 17 heavy (non-hydrogen) atoms. The van der Waals surface area contributed by atoms with E-state index in [-0.39, 0.29) is 5.54 Å². The first-order chi connectivity index (χ1) is 8.10. The van der Waals surface area contributed by atoms with Gasteiger partial charge in [0, 0.05) is 23.7 Å². The summed E-state index contributed by atoms with van der Waals surface area (Å²) >= 11 is 0. The van der Waals surface area contributed by atoms with Crippen LogP contribution in [0.5, 0.6) is 0 Å². The summed E-state index contributed by atoms with van der Waals surface area (Å²) in [6.45, 7) is 4.85. The summed E-state index contributed by atoms with van der Waals surface area (Å²) in [4.78, 5) is 2.51. The van der Waals surface area contributed by atoms with Crippen molar-refractivity contribution in [3.63, 3.8) is 0 Å². The second-order valence-corrected chi connectivity index (χ2v) is 6.18. The molecule has 0 spiro atoms. The lowest BCUT2D eigenvalue weighted by molar-refractivity contribution is 0.135. The fourth-order valence-corrected chi connectivity index (χ4v) is 3.07. The Balaban J connectivity index is 1.91. The van der Waals surface area contributed by atoms with Crippen LogP contribution in [0.4, 0.5) is 0 Å². The van der Waals surface area contributed by atoms with Crippen LogP contribution in [-0.4, -0.2) is 47.3 Å². The van der Waals surface area contributed by atoms with E-state index >= 15 is 0 Å². The molecule has 0 amide bonds. The van der Waals surface area contributed by atoms with Gasteiger partial charge in [-0.3, -0.25) is 0 Å². The third kappa shape index (κ3) is 3.01. The van der Waals surface area contributed by atoms with Gasteiger partial charge in [-0.1, -0.05) is 6.92 Å². The molecule has 3 unspecified atom stereocenters. The Hall–Kier alpha value is -0.120. The van der Waals surface area contributed by atoms with Gasteiger partial charge < -0.3 is 15.3 Å². The first-order valence-corrected chi connectivity index (χ1v) is 7.20. The number of rotatable bonds is 6. The second-order valence-electron chi connectivity index (χ2n) is 6.18. The van der Waals surface area contributed by atoms with Crippen molar-refractivity contribution in [2.75, 3.05) is 13.7 Å². The monoisotopic (exact) mass is 240 g/mol. The summed E-state index contributed by atoms with van der Waals surface area (Å²) in [5.41, 5.74) is 0.0214. The van der Waals surface area contributed by atoms with Gasteiger partial charge in [0.25, 0.3) is 0 Å². The minimum Gasteiger partial charge on any atom is -0.394 e. The van der Waals surface area contributed by atoms with E-state index < -0.39 is 0 Å². The molecule has 0 aromatic rings. The van der Waals surface area contributed by atoms with Gasteiger partial charge in [-0.25, -0.2) is 0 Å². The van der Waals surface area contributed by atoms with Crippen LogP contribution in [0.25, 0.3) is 0 Å². The second kappa shape index (κ2) is 5.25. The average molecular weight is 240 g/mol. The van der Waals surface area contributed by atoms with E-state index in [4.69, 9.17) is 0 Å². The molecule has 3 heteroatoms. The molecule has 0 heterocycles. The number of hydrogen-bond acceptors (Lipinski definition) is 3. The molecule has 3 atom stereocenters. The number of nitrogens with one attached hydrogen (secondary N) is 1. The van der Waals surface area contributed by atoms with Gasteiger partial charge in [0.1, 0.15) is 0 Å². The zero-order valence-corrected chi connectivity index (χ0v) is 11.6. The molecule has 2 rings (SSSR count). The number of hydrogen-bond donors (Lipinski definition) is 2. The Kier molecular flexibility index (Phi) is 4.11. The number of aliphatic hydroxyl groups excluding tert-OH is 1. The van der Waals surface area contributed by atoms with Crippen molar-refractivity contribution >= 4 is 0 Å². The normalized spacial score (nSPS) is 35.5. The highest BCUT2D eigenvalue weighted by Gasteiger charge is 2.43. The van der Waals surface area contributed by atoms with Gasteiger partial charge in [0.15, 0.2) is 0 Å². The summed E-state index contributed by atoms with van der Waals surface area (Å²) in [5.74, 6) is 0. The minimum absolute atomic E-state index is 0.0214. The molecule has 100 valence electrons. The van der Waals surface area contributed by atoms with Crippen LogP contribution in [-0.2, 0) is 0 Å². The predicted octanol–water partition coefficient (Wildman–Crippen LogP) is 1.75. The minimum atomic E-state index is 0.0214. The van der Waals surface area contributed by atoms with E-state index in [0.29, 0.717) is 24.7 Å². The largest absolute Gasteiger partial charge is 0.394 e. The summed E-state index contributed by atoms with van der Waals surface area (Å²) in [5, 5.41) is 13.4. The lowest BCUT2D eigenvalue weighted by Crippen LogP contribution is -2.49. The first kappa shape index (κ1) is 13.3. The number of aliphatic hydroxyl groups is 1. The summed E-state index contributed by atoms with van der Waals surface area (Å²) in [6, 6.07) is 1.98. The molecule has 0 radical (unpaired) electrons. The molecule has 2 aliphatic rings. The molecule has 2 fully saturated rings. The van der Waals surface area contributed by atoms with Crippen LogP contribution >= 0.6 is 0 Å². The van der Waals surface area contributed by atoms with Crippen LogP contribution < -0.4 is 5.32 Å². The average Bonchev–Trinajstić information content (AvgIpc) is 3.05. The Bertz CT molecular complexity index is 255. The predicted molar refractivity (Wildman–Crippen MR) is 71.1 cm³/mol. The maximum absolute atomic E-state index is 9.71. The molecular formula is C14H28N2O. The van der Waals surface area contributed by atoms with Crippen molar-refractivity contribution in [3.05, 3.63) is 0 Å². The van der Waals surface area contributed by atoms with E-state index in [9.17, 15) is 5.11 Å². The Morgan fingerprint density at radius 1 is 1.41 bits per heavy atom. The van der Waals surface area contributed by atoms with Crippen molar-refractivity contribution in [1.82, 2.24) is 10.2 Å². The van der Waals surface area contributed by atoms with Crippen molar-refractivity contribution in [2.24, 2.45) is 0 Å². The van der Waals surface area contributed by atoms with Crippen LogP contribution in [0, 0.1) is 0 Å². The van der Waals surface area contributed by atoms with E-state index in [1.807, 2.05) is 0 Å². The quantitative estimate of drug-likeness (QED) is 0.742. The van der Waals surface area contributed by atoms with Gasteiger partial charge >= 0.3 is 0 Å². The van der Waals surface area contributed by atoms with Crippen molar-refractivity contribution in [3.8, 4) is 0 Å². The Morgan fingerprint density at radius 2 is 2.12 bits per heavy atom. The van der Waals surface area contributed by atoms with E-state index in [2.05, 4.69) is 31.1 Å². The zero-order valence-electron chi connectivity index (χ0n) is 11.6. The van der Waals surface area contributed by atoms with E-state index in [1.54, 1.807) is 0 Å². The molecule has 0 aliphatic heterocycles. The Morgan fingerprint density at radius 3 is 2.65 bits per heavy atom. The summed E-state index contributed by atoms with van der Waals surface area (Å²) in [7, 11) is 2.24. The van der Waals surface area contributed by atoms with Crippen molar-refractivity contribution in [1.29, 1.82) is 0 Å². The molecule has 2 saturated carbocycles. The number of nitrogens with zero attached hydrogens (tertiary/aromatic N) is 1. The molecule has 0 bridgehead atoms. The highest BCUT2D eigenvalue weighted by atomic mass is 16.3. The van der Waals surface area contributed by atoms with Crippen LogP contribution in [0.15, 0.2) is 0 Å². The van der Waals surface area contributed by atoms with Gasteiger partial charge in [-0.2, -0.15) is 0 Å². The third-order valence-corrected chi connectivity index (χ3v) is 4.83. The molecule has 2 N–H and O–H groups in total. The highest BCUT2D eigenvalue weighted by molar-refractivity contribution is 5.03. The van der Waals surface area contributed by atoms with Gasteiger partial charge in [-0.05, 0) is 52.5 Å². The van der Waals surface area contributed by atoms with E-state index in [1.165, 1.54) is 25.7 Å². The fraction of sp³-hybridized carbons (Fsp3) is 1.00. The summed E-state index contributed by atoms with van der Waals surface area (Å²) in [6.07, 6.45) is 7.27. The molecule has 0 aromatic heterocycles. The Labute approximate surface area is 106 Å². The lowest BCUT2D eigenvalue weighted by Gasteiger charge is -2.33. The lowest BCUT2D eigenvalue weighted by atomic mass is 9.98. The maximum atomic E-state index is 9.71. The van der Waals surface area contributed by atoms with Crippen LogP contribution in [0.3, 0.4) is 0 Å². The zero-order chi connectivity index (χ0) is 12.5.